The number of rotatable bonds is 23. The van der Waals surface area contributed by atoms with Gasteiger partial charge >= 0.3 is 0 Å². The van der Waals surface area contributed by atoms with Crippen molar-refractivity contribution >= 4 is 41.5 Å². The molecule has 5 atom stereocenters. The number of carbonyl (C=O) groups excluding carboxylic acids is 3. The first-order valence-electron chi connectivity index (χ1n) is 47.0. The van der Waals surface area contributed by atoms with Crippen LogP contribution in [0, 0.1) is 17.5 Å². The van der Waals surface area contributed by atoms with E-state index in [0.29, 0.717) is 95.2 Å². The number of phenolic OH excluding ortho intramolecular Hbond substituents is 4. The van der Waals surface area contributed by atoms with Crippen LogP contribution in [-0.4, -0.2) is 145 Å². The highest BCUT2D eigenvalue weighted by molar-refractivity contribution is 5.78. The van der Waals surface area contributed by atoms with Gasteiger partial charge in [0.05, 0.1) is 54.9 Å². The molecule has 140 heavy (non-hydrogen) atoms. The Labute approximate surface area is 815 Å². The van der Waals surface area contributed by atoms with Gasteiger partial charge in [0.25, 0.3) is 6.47 Å². The van der Waals surface area contributed by atoms with Crippen LogP contribution >= 0.6 is 0 Å². The number of nitrogens with zero attached hydrogens (tertiary/aromatic N) is 13. The molecule has 8 heterocycles. The number of anilines is 4. The van der Waals surface area contributed by atoms with E-state index in [1.807, 2.05) is 86.0 Å². The van der Waals surface area contributed by atoms with Crippen molar-refractivity contribution in [2.45, 2.75) is 115 Å². The number of aromatic nitrogens is 4. The summed E-state index contributed by atoms with van der Waals surface area (Å²) in [6.07, 6.45) is 14.0. The summed E-state index contributed by atoms with van der Waals surface area (Å²) < 4.78 is 53.8. The number of hydrogen-bond donors (Lipinski definition) is 4. The van der Waals surface area contributed by atoms with Gasteiger partial charge in [-0.25, -0.2) is 23.2 Å². The molecule has 12 aromatic carbocycles. The first-order chi connectivity index (χ1) is 67.9. The SMILES string of the molecule is CC(c1ccccc1)n1c(-c2ccc(N(C)C)cc2)cnc1-c1ccc(N(C)C)cc1.CN(C)c1ccc(CN2C(=O)CCCC2c2ccc3c(c2)CCO3)cc1.O=COc1ccc(CN2C(c3ccccc3)CN(C=O)CC2c2ccc(F)cc2)cc1.Oc1ccc(O)c(C2Cc3cc(F)ccc3CN2Cc2ccncc2)c1.Oc1ccc(O)c(N2Cc3cc(F)ccc3CN2Cc2ccncc2)c1. The molecule has 25 heteroatoms. The fraction of sp³-hybridized carbons (Fsp3) is 0.235. The lowest BCUT2D eigenvalue weighted by Crippen LogP contribution is -2.49. The maximum absolute atomic E-state index is 13.7. The van der Waals surface area contributed by atoms with Crippen LogP contribution in [0.25, 0.3) is 22.6 Å². The molecule has 2 saturated heterocycles. The molecular formula is C115H116F3N13O9. The molecule has 4 N–H and O–H groups in total. The number of fused-ring (bicyclic) bond motifs is 3. The number of benzene rings is 12. The first kappa shape index (κ1) is 97.5. The van der Waals surface area contributed by atoms with Crippen LogP contribution in [0.3, 0.4) is 0 Å². The maximum Gasteiger partial charge on any atom is 0.298 e. The molecule has 5 unspecified atom stereocenters. The largest absolute Gasteiger partial charge is 0.508 e. The van der Waals surface area contributed by atoms with E-state index in [4.69, 9.17) is 14.5 Å². The van der Waals surface area contributed by atoms with E-state index in [-0.39, 0.29) is 76.6 Å². The molecule has 0 bridgehead atoms. The second kappa shape index (κ2) is 45.6. The Bertz CT molecular complexity index is 6430. The molecule has 3 aromatic heterocycles. The summed E-state index contributed by atoms with van der Waals surface area (Å²) in [7, 11) is 12.3. The van der Waals surface area contributed by atoms with Gasteiger partial charge in [0.15, 0.2) is 0 Å². The van der Waals surface area contributed by atoms with E-state index in [1.165, 1.54) is 100.0 Å². The quantitative estimate of drug-likeness (QED) is 0.0345. The molecule has 15 aromatic rings. The summed E-state index contributed by atoms with van der Waals surface area (Å²) in [6.45, 7) is 8.65. The number of pyridine rings is 2. The van der Waals surface area contributed by atoms with E-state index in [1.54, 1.807) is 72.2 Å². The van der Waals surface area contributed by atoms with Gasteiger partial charge in [0, 0.05) is 173 Å². The van der Waals surface area contributed by atoms with Gasteiger partial charge in [-0.1, -0.05) is 127 Å². The number of piperazine rings is 1. The van der Waals surface area contributed by atoms with Crippen LogP contribution in [0.1, 0.15) is 134 Å². The average Bonchev–Trinajstić information content (AvgIpc) is 1.68. The van der Waals surface area contributed by atoms with Gasteiger partial charge in [0.2, 0.25) is 12.3 Å². The van der Waals surface area contributed by atoms with Gasteiger partial charge in [0.1, 0.15) is 57.8 Å². The number of phenols is 4. The number of hydrazine groups is 1. The minimum Gasteiger partial charge on any atom is -0.508 e. The van der Waals surface area contributed by atoms with Crippen molar-refractivity contribution in [3.63, 3.8) is 0 Å². The summed E-state index contributed by atoms with van der Waals surface area (Å²) in [5.74, 6) is 2.25. The Kier molecular flexibility index (Phi) is 31.8. The molecule has 5 aliphatic rings. The highest BCUT2D eigenvalue weighted by Gasteiger charge is 2.38. The van der Waals surface area contributed by atoms with Gasteiger partial charge < -0.3 is 59.0 Å². The predicted molar refractivity (Wildman–Crippen MR) is 542 cm³/mol. The molecule has 0 radical (unpaired) electrons. The second-order valence-corrected chi connectivity index (χ2v) is 36.3. The van der Waals surface area contributed by atoms with E-state index in [9.17, 15) is 48.0 Å². The molecule has 0 saturated carbocycles. The number of piperidine rings is 1. The first-order valence-corrected chi connectivity index (χ1v) is 47.0. The number of hydrogen-bond acceptors (Lipinski definition) is 19. The number of ether oxygens (including phenoxy) is 2. The average molecular weight is 1880 g/mol. The van der Waals surface area contributed by atoms with Crippen LogP contribution in [-0.2, 0) is 73.0 Å². The Hall–Kier alpha value is -15.6. The molecule has 2 amide bonds. The number of likely N-dealkylation sites (tertiary alicyclic amines) is 1. The number of aromatic hydroxyl groups is 4. The Morgan fingerprint density at radius 3 is 1.64 bits per heavy atom. The van der Waals surface area contributed by atoms with Crippen molar-refractivity contribution in [3.05, 3.63) is 424 Å². The Morgan fingerprint density at radius 1 is 0.479 bits per heavy atom. The molecule has 716 valence electrons. The minimum atomic E-state index is -0.288. The smallest absolute Gasteiger partial charge is 0.298 e. The van der Waals surface area contributed by atoms with Gasteiger partial charge in [-0.3, -0.25) is 39.2 Å². The van der Waals surface area contributed by atoms with Crippen LogP contribution in [0.15, 0.2) is 328 Å². The van der Waals surface area contributed by atoms with Crippen LogP contribution in [0.2, 0.25) is 0 Å². The third-order valence-electron chi connectivity index (χ3n) is 26.4. The number of imidazole rings is 1. The topological polar surface area (TPSA) is 223 Å². The highest BCUT2D eigenvalue weighted by atomic mass is 19.1. The molecule has 2 fully saturated rings. The molecule has 0 spiro atoms. The third kappa shape index (κ3) is 24.1. The van der Waals surface area contributed by atoms with Crippen LogP contribution < -0.4 is 29.2 Å². The van der Waals surface area contributed by atoms with Crippen molar-refractivity contribution in [2.24, 2.45) is 0 Å². The summed E-state index contributed by atoms with van der Waals surface area (Å²) in [5, 5.41) is 44.3. The lowest BCUT2D eigenvalue weighted by molar-refractivity contribution is -0.137. The van der Waals surface area contributed by atoms with E-state index < -0.39 is 0 Å². The molecule has 20 rings (SSSR count). The molecular weight excluding hydrogens is 1760 g/mol. The summed E-state index contributed by atoms with van der Waals surface area (Å²) >= 11 is 0. The molecule has 5 aliphatic heterocycles. The maximum atomic E-state index is 13.7. The monoisotopic (exact) mass is 1880 g/mol. The zero-order valence-electron chi connectivity index (χ0n) is 79.6. The number of halogens is 3. The molecule has 0 aliphatic carbocycles. The van der Waals surface area contributed by atoms with Crippen molar-refractivity contribution in [1.82, 2.24) is 44.1 Å². The van der Waals surface area contributed by atoms with E-state index in [0.717, 1.165) is 111 Å². The molecule has 22 nitrogen and oxygen atoms in total. The van der Waals surface area contributed by atoms with Crippen molar-refractivity contribution < 1.29 is 57.5 Å². The highest BCUT2D eigenvalue weighted by Crippen LogP contribution is 2.45. The van der Waals surface area contributed by atoms with Crippen LogP contribution in [0.4, 0.5) is 35.9 Å². The fourth-order valence-corrected chi connectivity index (χ4v) is 18.9. The normalized spacial score (nSPS) is 16.2. The lowest BCUT2D eigenvalue weighted by Gasteiger charge is -2.46. The zero-order valence-corrected chi connectivity index (χ0v) is 79.6. The van der Waals surface area contributed by atoms with Crippen molar-refractivity contribution in [1.29, 1.82) is 0 Å². The zero-order chi connectivity index (χ0) is 97.9. The third-order valence-corrected chi connectivity index (χ3v) is 26.4. The van der Waals surface area contributed by atoms with Crippen LogP contribution in [0.5, 0.6) is 34.5 Å². The summed E-state index contributed by atoms with van der Waals surface area (Å²) in [6, 6.07) is 93.2. The summed E-state index contributed by atoms with van der Waals surface area (Å²) in [5.41, 5.74) is 22.2. The van der Waals surface area contributed by atoms with Crippen molar-refractivity contribution in [2.75, 3.05) is 81.7 Å². The van der Waals surface area contributed by atoms with Gasteiger partial charge in [-0.15, -0.1) is 0 Å². The minimum absolute atomic E-state index is 0.0268. The number of amides is 2. The van der Waals surface area contributed by atoms with Gasteiger partial charge in [-0.2, -0.15) is 0 Å². The van der Waals surface area contributed by atoms with Gasteiger partial charge in [-0.05, 0) is 268 Å². The fourth-order valence-electron chi connectivity index (χ4n) is 18.9. The Balaban J connectivity index is 0.000000126. The second-order valence-electron chi connectivity index (χ2n) is 36.3. The predicted octanol–water partition coefficient (Wildman–Crippen LogP) is 21.5. The Morgan fingerprint density at radius 2 is 1.02 bits per heavy atom. The summed E-state index contributed by atoms with van der Waals surface area (Å²) in [4.78, 5) is 62.7. The standard InChI is InChI=1S/C27H30N4.C25H23FN2O3.C22H26N2O2.C21H19FN2O2.C20H18FN3O2/c1-20(21-9-7-6-8-10-21)31-26(22-11-15-24(16-12-22)29(2)3)19-28-27(31)23-13-17-25(18-14-23)30(4)5;26-22-10-8-21(9-11-22)25-16-27(17-29)15-24(20-4-2-1-3-5-20)28(25)14-19-6-12-23(13-7-19)31-18-30;1-23(2)19-9-6-16(7-10-19)15-24-20(4-3-5-22(24)25)17-8-11-21-18(14-17)12-13-26-21;22-17-2-1-15-13-24(12-14-5-7-23-8-6-14)20(10-16(15)9-17)19-11-18(25)3-4-21(19)26;21-17-2-1-15-12-23(11-14-5-7-22-8-6-14)24(13-16(15)9-17)19-10-18(25)3-4-20(19)26/h6-20H,1-5H3;1-13,17-18,24-25H,14-16H2;6-11,14,20H,3-5,12-13,15H2,1-2H3;1-9,11,20,25-26H,10,12-13H2;1-10,25-26H,11-13H2. The van der Waals surface area contributed by atoms with E-state index >= 15 is 0 Å². The lowest BCUT2D eigenvalue weighted by atomic mass is 9.89. The van der Waals surface area contributed by atoms with Crippen molar-refractivity contribution in [3.8, 4) is 57.1 Å². The number of carbonyl (C=O) groups is 3. The van der Waals surface area contributed by atoms with E-state index in [2.05, 4.69) is 218 Å².